The molecule has 1 aliphatic heterocycles. The van der Waals surface area contributed by atoms with Gasteiger partial charge in [0.1, 0.15) is 17.6 Å². The number of aromatic amines is 1. The summed E-state index contributed by atoms with van der Waals surface area (Å²) in [4.78, 5) is 43.8. The molecule has 0 aliphatic carbocycles. The minimum atomic E-state index is -0.625. The van der Waals surface area contributed by atoms with Gasteiger partial charge in [0.05, 0.1) is 13.5 Å². The first-order valence-corrected chi connectivity index (χ1v) is 14.5. The van der Waals surface area contributed by atoms with Crippen LogP contribution in [0.25, 0.3) is 10.9 Å². The minimum Gasteiger partial charge on any atom is -0.497 e. The van der Waals surface area contributed by atoms with Gasteiger partial charge in [0.2, 0.25) is 11.8 Å². The first-order valence-electron chi connectivity index (χ1n) is 14.5. The smallest absolute Gasteiger partial charge is 0.242 e. The van der Waals surface area contributed by atoms with Crippen molar-refractivity contribution in [2.75, 3.05) is 31.6 Å². The molecule has 0 spiro atoms. The van der Waals surface area contributed by atoms with Crippen molar-refractivity contribution in [3.05, 3.63) is 59.3 Å². The van der Waals surface area contributed by atoms with Gasteiger partial charge in [-0.25, -0.2) is 0 Å². The van der Waals surface area contributed by atoms with E-state index in [1.54, 1.807) is 7.11 Å². The largest absolute Gasteiger partial charge is 0.497 e. The minimum absolute atomic E-state index is 0.164. The van der Waals surface area contributed by atoms with Crippen LogP contribution in [-0.2, 0) is 27.2 Å². The molecule has 3 aromatic rings. The molecule has 0 bridgehead atoms. The maximum Gasteiger partial charge on any atom is 0.242 e. The molecule has 0 unspecified atom stereocenters. The van der Waals surface area contributed by atoms with Crippen molar-refractivity contribution < 1.29 is 19.1 Å². The summed E-state index contributed by atoms with van der Waals surface area (Å²) in [5.41, 5.74) is 5.34. The summed E-state index contributed by atoms with van der Waals surface area (Å²) in [6, 6.07) is 13.5. The number of anilines is 1. The quantitative estimate of drug-likeness (QED) is 0.241. The number of para-hydroxylation sites is 1. The molecule has 2 aromatic carbocycles. The van der Waals surface area contributed by atoms with E-state index in [9.17, 15) is 14.4 Å². The summed E-state index contributed by atoms with van der Waals surface area (Å²) in [5, 5.41) is 7.00. The van der Waals surface area contributed by atoms with E-state index in [1.165, 1.54) is 11.3 Å². The molecule has 2 heterocycles. The highest BCUT2D eigenvalue weighted by molar-refractivity contribution is 5.93. The first kappa shape index (κ1) is 29.2. The van der Waals surface area contributed by atoms with E-state index < -0.39 is 6.04 Å². The standard InChI is InChI=1S/C32H42N4O4/c1-4-24(37)11-6-5-7-12-29(32(39)33-17-19-36-18-16-23-10-8-9-13-30(23)36)35-31(38)21-26-22(2)34-28-15-14-25(40-3)20-27(26)28/h8-10,13-15,20,29,34H,4-7,11-12,16-19,21H2,1-3H3,(H,33,39)(H,35,38)/t29-/m0/s1. The molecule has 3 N–H and O–H groups in total. The van der Waals surface area contributed by atoms with Crippen LogP contribution in [0.4, 0.5) is 5.69 Å². The van der Waals surface area contributed by atoms with Gasteiger partial charge in [0.25, 0.3) is 0 Å². The van der Waals surface area contributed by atoms with Crippen molar-refractivity contribution in [1.82, 2.24) is 15.6 Å². The monoisotopic (exact) mass is 546 g/mol. The van der Waals surface area contributed by atoms with Crippen molar-refractivity contribution in [1.29, 1.82) is 0 Å². The molecule has 4 rings (SSSR count). The number of aryl methyl sites for hydroxylation is 1. The summed E-state index contributed by atoms with van der Waals surface area (Å²) in [5.74, 6) is 0.633. The van der Waals surface area contributed by atoms with Crippen LogP contribution in [0.5, 0.6) is 5.75 Å². The Hall–Kier alpha value is -3.81. The predicted octanol–water partition coefficient (Wildman–Crippen LogP) is 4.62. The lowest BCUT2D eigenvalue weighted by Gasteiger charge is -2.22. The Kier molecular flexibility index (Phi) is 10.2. The van der Waals surface area contributed by atoms with Crippen molar-refractivity contribution in [3.8, 4) is 5.75 Å². The second-order valence-electron chi connectivity index (χ2n) is 10.6. The van der Waals surface area contributed by atoms with Crippen LogP contribution < -0.4 is 20.3 Å². The third-order valence-corrected chi connectivity index (χ3v) is 7.82. The van der Waals surface area contributed by atoms with Gasteiger partial charge in [-0.3, -0.25) is 14.4 Å². The van der Waals surface area contributed by atoms with E-state index in [1.807, 2.05) is 38.1 Å². The number of ether oxygens (including phenoxy) is 1. The number of hydrogen-bond acceptors (Lipinski definition) is 5. The number of carbonyl (C=O) groups excluding carboxylic acids is 3. The lowest BCUT2D eigenvalue weighted by atomic mass is 10.0. The van der Waals surface area contributed by atoms with Crippen LogP contribution in [0, 0.1) is 6.92 Å². The maximum atomic E-state index is 13.3. The molecule has 1 aliphatic rings. The highest BCUT2D eigenvalue weighted by Gasteiger charge is 2.23. The summed E-state index contributed by atoms with van der Waals surface area (Å²) >= 11 is 0. The van der Waals surface area contributed by atoms with Crippen LogP contribution in [0.15, 0.2) is 42.5 Å². The Morgan fingerprint density at radius 3 is 2.73 bits per heavy atom. The second-order valence-corrected chi connectivity index (χ2v) is 10.6. The zero-order valence-electron chi connectivity index (χ0n) is 24.0. The van der Waals surface area contributed by atoms with Gasteiger partial charge in [-0.15, -0.1) is 0 Å². The van der Waals surface area contributed by atoms with Crippen LogP contribution >= 0.6 is 0 Å². The van der Waals surface area contributed by atoms with Gasteiger partial charge in [-0.05, 0) is 61.6 Å². The Morgan fingerprint density at radius 2 is 1.93 bits per heavy atom. The van der Waals surface area contributed by atoms with E-state index in [2.05, 4.69) is 38.7 Å². The average Bonchev–Trinajstić information content (AvgIpc) is 3.51. The highest BCUT2D eigenvalue weighted by atomic mass is 16.5. The Morgan fingerprint density at radius 1 is 1.10 bits per heavy atom. The van der Waals surface area contributed by atoms with Gasteiger partial charge >= 0.3 is 0 Å². The van der Waals surface area contributed by atoms with Crippen LogP contribution in [0.3, 0.4) is 0 Å². The third-order valence-electron chi connectivity index (χ3n) is 7.82. The molecule has 0 radical (unpaired) electrons. The summed E-state index contributed by atoms with van der Waals surface area (Å²) in [7, 11) is 1.62. The van der Waals surface area contributed by atoms with Crippen LogP contribution in [0.2, 0.25) is 0 Å². The molecule has 8 nitrogen and oxygen atoms in total. The normalized spacial score (nSPS) is 13.2. The van der Waals surface area contributed by atoms with Crippen molar-refractivity contribution in [2.24, 2.45) is 0 Å². The maximum absolute atomic E-state index is 13.3. The molecule has 40 heavy (non-hydrogen) atoms. The average molecular weight is 547 g/mol. The van der Waals surface area contributed by atoms with Gasteiger partial charge in [-0.1, -0.05) is 38.0 Å². The number of methoxy groups -OCH3 is 1. The number of H-pyrrole nitrogens is 1. The molecule has 214 valence electrons. The fourth-order valence-electron chi connectivity index (χ4n) is 5.49. The van der Waals surface area contributed by atoms with E-state index in [4.69, 9.17) is 4.74 Å². The SMILES string of the molecule is CCC(=O)CCCCC[C@H](NC(=O)Cc1c(C)[nH]c2ccc(OC)cc12)C(=O)NCCN1CCc2ccccc21. The summed E-state index contributed by atoms with van der Waals surface area (Å²) in [6.45, 7) is 6.00. The zero-order chi connectivity index (χ0) is 28.5. The Labute approximate surface area is 236 Å². The molecule has 0 saturated carbocycles. The molecule has 0 fully saturated rings. The van der Waals surface area contributed by atoms with Gasteiger partial charge < -0.3 is 25.3 Å². The zero-order valence-corrected chi connectivity index (χ0v) is 24.0. The third kappa shape index (κ3) is 7.43. The molecule has 1 aromatic heterocycles. The lowest BCUT2D eigenvalue weighted by molar-refractivity contribution is -0.128. The van der Waals surface area contributed by atoms with Crippen molar-refractivity contribution >= 4 is 34.2 Å². The fraction of sp³-hybridized carbons (Fsp3) is 0.469. The van der Waals surface area contributed by atoms with E-state index in [-0.39, 0.29) is 24.0 Å². The molecule has 0 saturated heterocycles. The topological polar surface area (TPSA) is 104 Å². The molecular weight excluding hydrogens is 504 g/mol. The van der Waals surface area contributed by atoms with Crippen molar-refractivity contribution in [2.45, 2.75) is 71.3 Å². The van der Waals surface area contributed by atoms with Crippen molar-refractivity contribution in [3.63, 3.8) is 0 Å². The second kappa shape index (κ2) is 14.0. The van der Waals surface area contributed by atoms with Gasteiger partial charge in [-0.2, -0.15) is 0 Å². The lowest BCUT2D eigenvalue weighted by Crippen LogP contribution is -2.48. The molecule has 8 heteroatoms. The number of nitrogens with zero attached hydrogens (tertiary/aromatic N) is 1. The molecule has 1 atom stereocenters. The number of rotatable bonds is 15. The number of hydrogen-bond donors (Lipinski definition) is 3. The summed E-state index contributed by atoms with van der Waals surface area (Å²) < 4.78 is 5.38. The fourth-order valence-corrected chi connectivity index (χ4v) is 5.49. The van der Waals surface area contributed by atoms with Crippen LogP contribution in [-0.4, -0.2) is 55.4 Å². The number of Topliss-reactive ketones (excluding diaryl/α,β-unsaturated/α-hetero) is 1. The van der Waals surface area contributed by atoms with Crippen LogP contribution in [0.1, 0.15) is 62.3 Å². The molecular formula is C32H42N4O4. The highest BCUT2D eigenvalue weighted by Crippen LogP contribution is 2.28. The number of fused-ring (bicyclic) bond motifs is 2. The van der Waals surface area contributed by atoms with E-state index in [0.29, 0.717) is 25.8 Å². The number of amides is 2. The first-order chi connectivity index (χ1) is 19.4. The number of ketones is 1. The predicted molar refractivity (Wildman–Crippen MR) is 159 cm³/mol. The molecule has 2 amide bonds. The van der Waals surface area contributed by atoms with Gasteiger partial charge in [0.15, 0.2) is 0 Å². The number of benzene rings is 2. The Bertz CT molecular complexity index is 1330. The summed E-state index contributed by atoms with van der Waals surface area (Å²) in [6.07, 6.45) is 5.25. The van der Waals surface area contributed by atoms with E-state index in [0.717, 1.165) is 66.7 Å². The number of unbranched alkanes of at least 4 members (excludes halogenated alkanes) is 2. The van der Waals surface area contributed by atoms with E-state index >= 15 is 0 Å². The number of nitrogens with one attached hydrogen (secondary N) is 3. The Balaban J connectivity index is 1.36. The van der Waals surface area contributed by atoms with Gasteiger partial charge in [0, 0.05) is 54.8 Å². The number of aromatic nitrogens is 1. The number of carbonyl (C=O) groups is 3.